The lowest BCUT2D eigenvalue weighted by atomic mass is 9.47. The SMILES string of the molecule is CCCCCC(=O)C1=CC[C@H]2[C@@H]3CCC4=CC(=O)CC[C@]4(C)[C@H]3CC[C@]12C. The van der Waals surface area contributed by atoms with Gasteiger partial charge in [0.05, 0.1) is 0 Å². The number of unbranched alkanes of at least 4 members (excludes halogenated alkanes) is 2. The highest BCUT2D eigenvalue weighted by Gasteiger charge is 2.57. The number of hydrogen-bond acceptors (Lipinski definition) is 2. The van der Waals surface area contributed by atoms with Gasteiger partial charge in [0.1, 0.15) is 0 Å². The first-order valence-electron chi connectivity index (χ1n) is 11.4. The highest BCUT2D eigenvalue weighted by atomic mass is 16.1. The van der Waals surface area contributed by atoms with Gasteiger partial charge in [-0.3, -0.25) is 9.59 Å². The monoisotopic (exact) mass is 368 g/mol. The fourth-order valence-electron chi connectivity index (χ4n) is 7.23. The van der Waals surface area contributed by atoms with Crippen molar-refractivity contribution in [1.29, 1.82) is 0 Å². The summed E-state index contributed by atoms with van der Waals surface area (Å²) in [4.78, 5) is 24.9. The van der Waals surface area contributed by atoms with Crippen LogP contribution in [0, 0.1) is 28.6 Å². The molecule has 0 amide bonds. The lowest BCUT2D eigenvalue weighted by Crippen LogP contribution is -2.50. The van der Waals surface area contributed by atoms with E-state index in [0.29, 0.717) is 23.4 Å². The van der Waals surface area contributed by atoms with E-state index in [1.165, 1.54) is 30.4 Å². The zero-order valence-corrected chi connectivity index (χ0v) is 17.5. The second-order valence-electron chi connectivity index (χ2n) is 10.2. The average molecular weight is 369 g/mol. The molecule has 2 nitrogen and oxygen atoms in total. The standard InChI is InChI=1S/C25H36O2/c1-4-5-6-7-23(27)22-11-10-20-19-9-8-17-16-18(26)12-14-24(17,2)21(19)13-15-25(20,22)3/h11,16,19-21H,4-10,12-15H2,1-3H3/t19-,20-,21-,24-,25-/m0/s1. The minimum absolute atomic E-state index is 0.104. The number of fused-ring (bicyclic) bond motifs is 5. The van der Waals surface area contributed by atoms with Gasteiger partial charge >= 0.3 is 0 Å². The van der Waals surface area contributed by atoms with Gasteiger partial charge in [-0.05, 0) is 85.2 Å². The molecule has 4 aliphatic rings. The molecule has 5 atom stereocenters. The van der Waals surface area contributed by atoms with Gasteiger partial charge in [0, 0.05) is 12.8 Å². The Morgan fingerprint density at radius 1 is 1.07 bits per heavy atom. The van der Waals surface area contributed by atoms with Crippen molar-refractivity contribution in [2.75, 3.05) is 0 Å². The highest BCUT2D eigenvalue weighted by Crippen LogP contribution is 2.65. The molecule has 0 aromatic heterocycles. The molecule has 0 unspecified atom stereocenters. The quantitative estimate of drug-likeness (QED) is 0.541. The van der Waals surface area contributed by atoms with Gasteiger partial charge in [-0.2, -0.15) is 0 Å². The van der Waals surface area contributed by atoms with Crippen molar-refractivity contribution in [3.05, 3.63) is 23.3 Å². The minimum atomic E-state index is 0.104. The second-order valence-corrected chi connectivity index (χ2v) is 10.2. The van der Waals surface area contributed by atoms with Crippen LogP contribution in [0.25, 0.3) is 0 Å². The van der Waals surface area contributed by atoms with Crippen LogP contribution in [0.5, 0.6) is 0 Å². The number of hydrogen-bond donors (Lipinski definition) is 0. The summed E-state index contributed by atoms with van der Waals surface area (Å²) in [5, 5.41) is 0. The molecule has 4 rings (SSSR count). The van der Waals surface area contributed by atoms with Crippen molar-refractivity contribution >= 4 is 11.6 Å². The minimum Gasteiger partial charge on any atom is -0.295 e. The van der Waals surface area contributed by atoms with E-state index in [2.05, 4.69) is 26.8 Å². The molecule has 0 radical (unpaired) electrons. The highest BCUT2D eigenvalue weighted by molar-refractivity contribution is 5.97. The average Bonchev–Trinajstić information content (AvgIpc) is 3.00. The summed E-state index contributed by atoms with van der Waals surface area (Å²) in [6, 6.07) is 0. The molecular formula is C25H36O2. The molecule has 0 heterocycles. The molecule has 148 valence electrons. The number of allylic oxidation sites excluding steroid dienone is 4. The summed E-state index contributed by atoms with van der Waals surface area (Å²) in [7, 11) is 0. The van der Waals surface area contributed by atoms with Crippen LogP contribution in [0.1, 0.15) is 91.4 Å². The van der Waals surface area contributed by atoms with E-state index in [1.54, 1.807) is 0 Å². The molecule has 2 heteroatoms. The Morgan fingerprint density at radius 2 is 1.89 bits per heavy atom. The van der Waals surface area contributed by atoms with Gasteiger partial charge in [0.15, 0.2) is 11.6 Å². The molecule has 0 aromatic carbocycles. The molecule has 0 aromatic rings. The van der Waals surface area contributed by atoms with Crippen molar-refractivity contribution in [1.82, 2.24) is 0 Å². The van der Waals surface area contributed by atoms with Crippen LogP contribution in [0.3, 0.4) is 0 Å². The Kier molecular flexibility index (Phi) is 4.97. The molecular weight excluding hydrogens is 332 g/mol. The number of ketones is 2. The van der Waals surface area contributed by atoms with Crippen LogP contribution in [0.2, 0.25) is 0 Å². The number of rotatable bonds is 5. The number of carbonyl (C=O) groups excluding carboxylic acids is 2. The molecule has 0 N–H and O–H groups in total. The van der Waals surface area contributed by atoms with E-state index in [0.717, 1.165) is 57.3 Å². The van der Waals surface area contributed by atoms with Crippen LogP contribution < -0.4 is 0 Å². The zero-order chi connectivity index (χ0) is 19.2. The molecule has 27 heavy (non-hydrogen) atoms. The number of Topliss-reactive ketones (excluding diaryl/α,β-unsaturated/α-hetero) is 1. The van der Waals surface area contributed by atoms with Gasteiger partial charge in [-0.1, -0.05) is 45.3 Å². The van der Waals surface area contributed by atoms with Crippen LogP contribution in [0.4, 0.5) is 0 Å². The van der Waals surface area contributed by atoms with Crippen molar-refractivity contribution in [3.63, 3.8) is 0 Å². The van der Waals surface area contributed by atoms with Gasteiger partial charge in [-0.25, -0.2) is 0 Å². The fraction of sp³-hybridized carbons (Fsp3) is 0.760. The third kappa shape index (κ3) is 2.98. The Bertz CT molecular complexity index is 699. The molecule has 4 aliphatic carbocycles. The predicted octanol–water partition coefficient (Wildman–Crippen LogP) is 6.20. The number of carbonyl (C=O) groups is 2. The van der Waals surface area contributed by atoms with Crippen LogP contribution in [-0.2, 0) is 9.59 Å². The van der Waals surface area contributed by atoms with E-state index in [1.807, 2.05) is 6.08 Å². The van der Waals surface area contributed by atoms with Crippen molar-refractivity contribution in [2.24, 2.45) is 28.6 Å². The summed E-state index contributed by atoms with van der Waals surface area (Å²) in [6.45, 7) is 7.02. The third-order valence-electron chi connectivity index (χ3n) is 8.85. The Balaban J connectivity index is 1.54. The third-order valence-corrected chi connectivity index (χ3v) is 8.85. The summed E-state index contributed by atoms with van der Waals surface area (Å²) in [5.41, 5.74) is 2.94. The Labute approximate surface area is 164 Å². The molecule has 0 bridgehead atoms. The topological polar surface area (TPSA) is 34.1 Å². The van der Waals surface area contributed by atoms with E-state index in [4.69, 9.17) is 0 Å². The predicted molar refractivity (Wildman–Crippen MR) is 109 cm³/mol. The van der Waals surface area contributed by atoms with Crippen LogP contribution in [-0.4, -0.2) is 11.6 Å². The van der Waals surface area contributed by atoms with Crippen LogP contribution >= 0.6 is 0 Å². The van der Waals surface area contributed by atoms with Gasteiger partial charge in [-0.15, -0.1) is 0 Å². The molecule has 0 aliphatic heterocycles. The summed E-state index contributed by atoms with van der Waals surface area (Å²) < 4.78 is 0. The van der Waals surface area contributed by atoms with Crippen molar-refractivity contribution < 1.29 is 9.59 Å². The fourth-order valence-corrected chi connectivity index (χ4v) is 7.23. The largest absolute Gasteiger partial charge is 0.295 e. The smallest absolute Gasteiger partial charge is 0.159 e. The first-order chi connectivity index (χ1) is 12.9. The van der Waals surface area contributed by atoms with E-state index in [-0.39, 0.29) is 10.8 Å². The van der Waals surface area contributed by atoms with Gasteiger partial charge in [0.25, 0.3) is 0 Å². The first kappa shape index (κ1) is 19.2. The zero-order valence-electron chi connectivity index (χ0n) is 17.5. The first-order valence-corrected chi connectivity index (χ1v) is 11.4. The van der Waals surface area contributed by atoms with Crippen molar-refractivity contribution in [2.45, 2.75) is 91.4 Å². The van der Waals surface area contributed by atoms with Gasteiger partial charge < -0.3 is 0 Å². The summed E-state index contributed by atoms with van der Waals surface area (Å²) >= 11 is 0. The van der Waals surface area contributed by atoms with Crippen LogP contribution in [0.15, 0.2) is 23.3 Å². The second kappa shape index (κ2) is 7.01. The molecule has 0 saturated heterocycles. The molecule has 0 spiro atoms. The maximum absolute atomic E-state index is 13.0. The lowest BCUT2D eigenvalue weighted by Gasteiger charge is -2.57. The molecule has 2 fully saturated rings. The summed E-state index contributed by atoms with van der Waals surface area (Å²) in [6.07, 6.45) is 16.0. The maximum Gasteiger partial charge on any atom is 0.159 e. The lowest BCUT2D eigenvalue weighted by molar-refractivity contribution is -0.119. The Hall–Kier alpha value is -1.18. The molecule has 2 saturated carbocycles. The van der Waals surface area contributed by atoms with E-state index >= 15 is 0 Å². The Morgan fingerprint density at radius 3 is 2.67 bits per heavy atom. The van der Waals surface area contributed by atoms with Crippen molar-refractivity contribution in [3.8, 4) is 0 Å². The van der Waals surface area contributed by atoms with E-state index in [9.17, 15) is 9.59 Å². The van der Waals surface area contributed by atoms with Gasteiger partial charge in [0.2, 0.25) is 0 Å². The normalized spacial score (nSPS) is 40.6. The maximum atomic E-state index is 13.0. The van der Waals surface area contributed by atoms with E-state index < -0.39 is 0 Å². The summed E-state index contributed by atoms with van der Waals surface area (Å²) in [5.74, 6) is 2.82.